The van der Waals surface area contributed by atoms with Crippen molar-refractivity contribution in [1.82, 2.24) is 0 Å². The number of carboxylic acids is 1. The van der Waals surface area contributed by atoms with E-state index in [2.05, 4.69) is 0 Å². The number of hydrogen-bond acceptors (Lipinski definition) is 4. The maximum Gasteiger partial charge on any atom is 0.325 e. The number of rotatable bonds is 2. The zero-order chi connectivity index (χ0) is 10.0. The highest BCUT2D eigenvalue weighted by Gasteiger charge is 2.17. The maximum absolute atomic E-state index is 10.5. The average Bonchev–Trinajstić information content (AvgIpc) is 2.08. The van der Waals surface area contributed by atoms with E-state index in [9.17, 15) is 4.79 Å². The van der Waals surface area contributed by atoms with Gasteiger partial charge in [-0.2, -0.15) is 0 Å². The summed E-state index contributed by atoms with van der Waals surface area (Å²) in [6.07, 6.45) is 0. The second-order valence-corrected chi connectivity index (χ2v) is 2.63. The van der Waals surface area contributed by atoms with Gasteiger partial charge in [-0.1, -0.05) is 0 Å². The van der Waals surface area contributed by atoms with E-state index in [0.29, 0.717) is 0 Å². The molecule has 5 nitrogen and oxygen atoms in total. The molecule has 0 saturated carbocycles. The monoisotopic (exact) mass is 182 g/mol. The molecule has 0 bridgehead atoms. The molecular weight excluding hydrogens is 172 g/mol. The van der Waals surface area contributed by atoms with E-state index in [0.717, 1.165) is 0 Å². The summed E-state index contributed by atoms with van der Waals surface area (Å²) in [5, 5.41) is 17.7. The minimum Gasteiger partial charge on any atom is -0.508 e. The van der Waals surface area contributed by atoms with Crippen LogP contribution in [0.1, 0.15) is 11.6 Å². The highest BCUT2D eigenvalue weighted by atomic mass is 16.4. The Kier molecular flexibility index (Phi) is 2.39. The lowest BCUT2D eigenvalue weighted by atomic mass is 10.1. The van der Waals surface area contributed by atoms with Gasteiger partial charge in [-0.15, -0.1) is 0 Å². The number of hydrogen-bond donors (Lipinski definition) is 4. The van der Waals surface area contributed by atoms with Crippen molar-refractivity contribution in [3.05, 3.63) is 23.8 Å². The third kappa shape index (κ3) is 1.88. The third-order valence-electron chi connectivity index (χ3n) is 1.67. The van der Waals surface area contributed by atoms with Crippen molar-refractivity contribution in [2.24, 2.45) is 5.73 Å². The Balaban J connectivity index is 3.12. The zero-order valence-electron chi connectivity index (χ0n) is 6.77. The summed E-state index contributed by atoms with van der Waals surface area (Å²) in [7, 11) is 0. The molecule has 6 N–H and O–H groups in total. The van der Waals surface area contributed by atoms with Crippen LogP contribution >= 0.6 is 0 Å². The van der Waals surface area contributed by atoms with Gasteiger partial charge in [0.15, 0.2) is 0 Å². The van der Waals surface area contributed by atoms with Gasteiger partial charge in [0, 0.05) is 11.3 Å². The minimum absolute atomic E-state index is 0.0547. The molecule has 0 aliphatic carbocycles. The van der Waals surface area contributed by atoms with Crippen LogP contribution < -0.4 is 11.5 Å². The molecule has 0 amide bonds. The summed E-state index contributed by atoms with van der Waals surface area (Å²) < 4.78 is 0. The molecule has 13 heavy (non-hydrogen) atoms. The van der Waals surface area contributed by atoms with E-state index < -0.39 is 12.0 Å². The number of aliphatic carboxylic acids is 1. The van der Waals surface area contributed by atoms with Gasteiger partial charge in [0.25, 0.3) is 0 Å². The number of benzene rings is 1. The van der Waals surface area contributed by atoms with Crippen LogP contribution in [0, 0.1) is 0 Å². The van der Waals surface area contributed by atoms with E-state index in [4.69, 9.17) is 21.7 Å². The van der Waals surface area contributed by atoms with Gasteiger partial charge in [0.2, 0.25) is 0 Å². The van der Waals surface area contributed by atoms with Crippen LogP contribution in [0.4, 0.5) is 5.69 Å². The van der Waals surface area contributed by atoms with Crippen LogP contribution in [0.5, 0.6) is 5.75 Å². The topological polar surface area (TPSA) is 110 Å². The average molecular weight is 182 g/mol. The Morgan fingerprint density at radius 2 is 2.08 bits per heavy atom. The molecule has 5 heteroatoms. The first-order valence-electron chi connectivity index (χ1n) is 3.59. The van der Waals surface area contributed by atoms with Crippen LogP contribution in [-0.2, 0) is 4.79 Å². The molecule has 0 spiro atoms. The van der Waals surface area contributed by atoms with Gasteiger partial charge >= 0.3 is 5.97 Å². The summed E-state index contributed by atoms with van der Waals surface area (Å²) in [6.45, 7) is 0. The van der Waals surface area contributed by atoms with Crippen molar-refractivity contribution in [1.29, 1.82) is 0 Å². The number of phenolic OH excluding ortho intramolecular Hbond substituents is 1. The van der Waals surface area contributed by atoms with Gasteiger partial charge < -0.3 is 21.7 Å². The van der Waals surface area contributed by atoms with Crippen molar-refractivity contribution in [2.75, 3.05) is 5.73 Å². The SMILES string of the molecule is Nc1ccc(O)cc1[C@H](N)C(=O)O. The molecule has 0 fully saturated rings. The second kappa shape index (κ2) is 3.32. The number of carbonyl (C=O) groups is 1. The van der Waals surface area contributed by atoms with E-state index in [-0.39, 0.29) is 17.0 Å². The summed E-state index contributed by atoms with van der Waals surface area (Å²) in [4.78, 5) is 10.5. The summed E-state index contributed by atoms with van der Waals surface area (Å²) >= 11 is 0. The quantitative estimate of drug-likeness (QED) is 0.382. The summed E-state index contributed by atoms with van der Waals surface area (Å²) in [5.74, 6) is -1.24. The van der Waals surface area contributed by atoms with Crippen LogP contribution in [0.25, 0.3) is 0 Å². The Morgan fingerprint density at radius 3 is 2.62 bits per heavy atom. The molecule has 0 aromatic heterocycles. The highest BCUT2D eigenvalue weighted by Crippen LogP contribution is 2.23. The molecule has 0 heterocycles. The van der Waals surface area contributed by atoms with E-state index >= 15 is 0 Å². The molecular formula is C8H10N2O3. The molecule has 1 rings (SSSR count). The Labute approximate surface area is 74.6 Å². The second-order valence-electron chi connectivity index (χ2n) is 2.63. The lowest BCUT2D eigenvalue weighted by Gasteiger charge is -2.09. The Morgan fingerprint density at radius 1 is 1.46 bits per heavy atom. The summed E-state index contributed by atoms with van der Waals surface area (Å²) in [6, 6.07) is 2.82. The standard InChI is InChI=1S/C8H10N2O3/c9-6-2-1-4(11)3-5(6)7(10)8(12)13/h1-3,7,11H,9-10H2,(H,12,13)/t7-/m0/s1. The van der Waals surface area contributed by atoms with Gasteiger partial charge in [0.05, 0.1) is 0 Å². The largest absolute Gasteiger partial charge is 0.508 e. The first-order valence-corrected chi connectivity index (χ1v) is 3.59. The fourth-order valence-electron chi connectivity index (χ4n) is 0.965. The lowest BCUT2D eigenvalue weighted by Crippen LogP contribution is -2.21. The van der Waals surface area contributed by atoms with E-state index in [1.54, 1.807) is 0 Å². The van der Waals surface area contributed by atoms with Crippen molar-refractivity contribution >= 4 is 11.7 Å². The van der Waals surface area contributed by atoms with Crippen molar-refractivity contribution in [3.63, 3.8) is 0 Å². The van der Waals surface area contributed by atoms with Crippen LogP contribution in [0.3, 0.4) is 0 Å². The maximum atomic E-state index is 10.5. The molecule has 1 aromatic carbocycles. The first-order chi connectivity index (χ1) is 6.02. The zero-order valence-corrected chi connectivity index (χ0v) is 6.77. The molecule has 0 radical (unpaired) electrons. The van der Waals surface area contributed by atoms with Crippen molar-refractivity contribution < 1.29 is 15.0 Å². The van der Waals surface area contributed by atoms with Gasteiger partial charge in [0.1, 0.15) is 11.8 Å². The van der Waals surface area contributed by atoms with Gasteiger partial charge in [-0.05, 0) is 18.2 Å². The number of nitrogens with two attached hydrogens (primary N) is 2. The molecule has 0 saturated heterocycles. The lowest BCUT2D eigenvalue weighted by molar-refractivity contribution is -0.138. The number of carboxylic acid groups (broad SMARTS) is 1. The number of phenols is 1. The number of aromatic hydroxyl groups is 1. The van der Waals surface area contributed by atoms with Gasteiger partial charge in [-0.3, -0.25) is 4.79 Å². The molecule has 1 atom stereocenters. The predicted octanol–water partition coefficient (Wildman–Crippen LogP) is 0.0588. The molecule has 1 aromatic rings. The number of nitrogen functional groups attached to an aromatic ring is 1. The molecule has 70 valence electrons. The fraction of sp³-hybridized carbons (Fsp3) is 0.125. The Hall–Kier alpha value is -1.75. The molecule has 0 aliphatic heterocycles. The molecule has 0 unspecified atom stereocenters. The summed E-state index contributed by atoms with van der Waals surface area (Å²) in [5.41, 5.74) is 11.3. The fourth-order valence-corrected chi connectivity index (χ4v) is 0.965. The third-order valence-corrected chi connectivity index (χ3v) is 1.67. The van der Waals surface area contributed by atoms with Crippen LogP contribution in [0.2, 0.25) is 0 Å². The van der Waals surface area contributed by atoms with Crippen molar-refractivity contribution in [2.45, 2.75) is 6.04 Å². The van der Waals surface area contributed by atoms with Gasteiger partial charge in [-0.25, -0.2) is 0 Å². The van der Waals surface area contributed by atoms with Crippen LogP contribution in [0.15, 0.2) is 18.2 Å². The van der Waals surface area contributed by atoms with Crippen molar-refractivity contribution in [3.8, 4) is 5.75 Å². The number of anilines is 1. The predicted molar refractivity (Wildman–Crippen MR) is 47.1 cm³/mol. The normalized spacial score (nSPS) is 12.4. The van der Waals surface area contributed by atoms with Crippen LogP contribution in [-0.4, -0.2) is 16.2 Å². The van der Waals surface area contributed by atoms with E-state index in [1.807, 2.05) is 0 Å². The highest BCUT2D eigenvalue weighted by molar-refractivity contribution is 5.78. The van der Waals surface area contributed by atoms with E-state index in [1.165, 1.54) is 18.2 Å². The Bertz CT molecular complexity index is 338. The smallest absolute Gasteiger partial charge is 0.325 e. The molecule has 0 aliphatic rings. The first kappa shape index (κ1) is 9.34. The minimum atomic E-state index is -1.20.